The minimum absolute atomic E-state index is 0.525. The van der Waals surface area contributed by atoms with Crippen LogP contribution in [0.5, 0.6) is 0 Å². The lowest BCUT2D eigenvalue weighted by molar-refractivity contribution is -0.244. The molecule has 20 nitrogen and oxygen atoms in total. The first-order valence-corrected chi connectivity index (χ1v) is 13.5. The molecule has 0 unspecified atom stereocenters. The molecule has 0 aromatic rings. The van der Waals surface area contributed by atoms with Gasteiger partial charge in [-0.05, 0) is 34.6 Å². The molecule has 0 aromatic heterocycles. The standard InChI is InChI=1S/2C14H20O10/c1-7(16)12(21,6-15)14(23,9(3)18)13(22,8(2)17)11(20)5-24-10(4)19;1-6(16)11(21)14(8(3)18,24-9(4)19)13(23,7(2)17)12(22)10(20)5-15/h6,11,20-23H,5H2,1-4H3;10,12,15,20,22-23H,5H2,1-4H3/t11-,12-,13-,14-;10-,12-,13+,14+/m11/s1. The van der Waals surface area contributed by atoms with Gasteiger partial charge in [-0.3, -0.25) is 47.9 Å². The Balaban J connectivity index is 0. The van der Waals surface area contributed by atoms with Gasteiger partial charge in [0.25, 0.3) is 11.4 Å². The van der Waals surface area contributed by atoms with Gasteiger partial charge in [-0.1, -0.05) is 0 Å². The number of rotatable bonds is 18. The number of carbonyl (C=O) groups is 10. The van der Waals surface area contributed by atoms with E-state index in [1.807, 2.05) is 0 Å². The number of hydrogen-bond donors (Lipinski definition) is 8. The summed E-state index contributed by atoms with van der Waals surface area (Å²) in [5.41, 5.74) is -17.7. The van der Waals surface area contributed by atoms with Gasteiger partial charge < -0.3 is 50.3 Å². The van der Waals surface area contributed by atoms with Gasteiger partial charge in [0.15, 0.2) is 46.6 Å². The summed E-state index contributed by atoms with van der Waals surface area (Å²) in [4.78, 5) is 117. The van der Waals surface area contributed by atoms with Crippen LogP contribution >= 0.6 is 0 Å². The van der Waals surface area contributed by atoms with Crippen LogP contribution in [0.25, 0.3) is 0 Å². The summed E-state index contributed by atoms with van der Waals surface area (Å²) in [5.74, 6) is -12.7. The topological polar surface area (TPSA) is 351 Å². The first-order chi connectivity index (χ1) is 21.5. The maximum Gasteiger partial charge on any atom is 0.304 e. The normalized spacial score (nSPS) is 19.2. The van der Waals surface area contributed by atoms with Crippen LogP contribution in [0.4, 0.5) is 0 Å². The third-order valence-electron chi connectivity index (χ3n) is 7.27. The molecular formula is C28H40O20. The molecule has 48 heavy (non-hydrogen) atoms. The smallest absolute Gasteiger partial charge is 0.304 e. The highest BCUT2D eigenvalue weighted by molar-refractivity contribution is 6.45. The van der Waals surface area contributed by atoms with Gasteiger partial charge in [0.05, 0.1) is 6.61 Å². The molecule has 0 aliphatic rings. The Bertz CT molecular complexity index is 1340. The average Bonchev–Trinajstić information content (AvgIpc) is 2.98. The van der Waals surface area contributed by atoms with Crippen LogP contribution in [-0.2, 0) is 57.4 Å². The fourth-order valence-corrected chi connectivity index (χ4v) is 4.60. The van der Waals surface area contributed by atoms with Crippen LogP contribution in [0.3, 0.4) is 0 Å². The largest absolute Gasteiger partial charge is 0.463 e. The lowest BCUT2D eigenvalue weighted by Crippen LogP contribution is -2.80. The number of ether oxygens (including phenoxy) is 2. The molecule has 20 heteroatoms. The zero-order valence-corrected chi connectivity index (χ0v) is 27.2. The SMILES string of the molecule is CC(=O)OC[C@@H](O)[C@](O)(C(C)=O)[C@@](O)(C(C)=O)[C@@](O)(C=O)C(C)=O.CC(=O)O[C@@](C(C)=O)(C(=O)C(C)=O)[C@](O)(C(C)=O)[C@H](O)[C@H](O)CO. The van der Waals surface area contributed by atoms with Gasteiger partial charge in [0.2, 0.25) is 16.8 Å². The summed E-state index contributed by atoms with van der Waals surface area (Å²) in [6, 6.07) is 0. The van der Waals surface area contributed by atoms with Crippen molar-refractivity contribution in [2.75, 3.05) is 13.2 Å². The first-order valence-electron chi connectivity index (χ1n) is 13.5. The summed E-state index contributed by atoms with van der Waals surface area (Å²) < 4.78 is 8.99. The van der Waals surface area contributed by atoms with E-state index in [9.17, 15) is 83.7 Å². The molecule has 8 atom stereocenters. The van der Waals surface area contributed by atoms with Gasteiger partial charge in [0.1, 0.15) is 24.9 Å². The summed E-state index contributed by atoms with van der Waals surface area (Å²) >= 11 is 0. The van der Waals surface area contributed by atoms with Crippen molar-refractivity contribution in [3.63, 3.8) is 0 Å². The molecular weight excluding hydrogens is 656 g/mol. The Labute approximate surface area is 272 Å². The number of esters is 2. The van der Waals surface area contributed by atoms with E-state index in [0.717, 1.165) is 13.8 Å². The summed E-state index contributed by atoms with van der Waals surface area (Å²) in [6.07, 6.45) is -7.76. The van der Waals surface area contributed by atoms with Crippen molar-refractivity contribution in [1.82, 2.24) is 0 Å². The Morgan fingerprint density at radius 2 is 1.08 bits per heavy atom. The fraction of sp³-hybridized carbons (Fsp3) is 0.643. The molecule has 0 fully saturated rings. The molecule has 0 saturated heterocycles. The molecule has 0 amide bonds. The molecule has 0 spiro atoms. The predicted octanol–water partition coefficient (Wildman–Crippen LogP) is -5.86. The van der Waals surface area contributed by atoms with Crippen molar-refractivity contribution in [1.29, 1.82) is 0 Å². The van der Waals surface area contributed by atoms with Gasteiger partial charge in [-0.15, -0.1) is 0 Å². The monoisotopic (exact) mass is 696 g/mol. The molecule has 0 bridgehead atoms. The van der Waals surface area contributed by atoms with Crippen molar-refractivity contribution >= 4 is 58.7 Å². The molecule has 0 rings (SSSR count). The minimum atomic E-state index is -3.72. The van der Waals surface area contributed by atoms with Crippen molar-refractivity contribution in [2.45, 2.75) is 102 Å². The molecule has 0 heterocycles. The fourth-order valence-electron chi connectivity index (χ4n) is 4.60. The van der Waals surface area contributed by atoms with E-state index in [1.165, 1.54) is 0 Å². The van der Waals surface area contributed by atoms with Crippen molar-refractivity contribution in [3.8, 4) is 0 Å². The van der Waals surface area contributed by atoms with Crippen LogP contribution < -0.4 is 0 Å². The van der Waals surface area contributed by atoms with Crippen LogP contribution in [0.2, 0.25) is 0 Å². The van der Waals surface area contributed by atoms with Gasteiger partial charge >= 0.3 is 11.9 Å². The van der Waals surface area contributed by atoms with Crippen LogP contribution in [0.1, 0.15) is 55.4 Å². The molecule has 0 aliphatic heterocycles. The summed E-state index contributed by atoms with van der Waals surface area (Å²) in [5, 5.41) is 80.5. The zero-order valence-electron chi connectivity index (χ0n) is 27.2. The molecule has 8 N–H and O–H groups in total. The molecule has 0 radical (unpaired) electrons. The molecule has 0 saturated carbocycles. The highest BCUT2D eigenvalue weighted by Crippen LogP contribution is 2.38. The Hall–Kier alpha value is -4.02. The Kier molecular flexibility index (Phi) is 16.2. The van der Waals surface area contributed by atoms with Gasteiger partial charge in [-0.25, -0.2) is 0 Å². The van der Waals surface area contributed by atoms with E-state index < -0.39 is 118 Å². The van der Waals surface area contributed by atoms with Crippen LogP contribution in [0, 0.1) is 0 Å². The van der Waals surface area contributed by atoms with E-state index in [2.05, 4.69) is 9.47 Å². The molecule has 0 aliphatic carbocycles. The summed E-state index contributed by atoms with van der Waals surface area (Å²) in [7, 11) is 0. The third-order valence-corrected chi connectivity index (χ3v) is 7.27. The molecule has 0 aromatic carbocycles. The van der Waals surface area contributed by atoms with E-state index >= 15 is 0 Å². The van der Waals surface area contributed by atoms with Gasteiger partial charge in [-0.2, -0.15) is 0 Å². The van der Waals surface area contributed by atoms with Crippen LogP contribution in [0.15, 0.2) is 0 Å². The Morgan fingerprint density at radius 3 is 1.33 bits per heavy atom. The highest BCUT2D eigenvalue weighted by Gasteiger charge is 2.72. The van der Waals surface area contributed by atoms with E-state index in [-0.39, 0.29) is 0 Å². The summed E-state index contributed by atoms with van der Waals surface area (Å²) in [6.45, 7) is 3.28. The molecule has 272 valence electrons. The number of carbonyl (C=O) groups excluding carboxylic acids is 10. The van der Waals surface area contributed by atoms with E-state index in [1.54, 1.807) is 0 Å². The first kappa shape index (κ1) is 46.1. The number of ketones is 7. The van der Waals surface area contributed by atoms with Crippen molar-refractivity contribution < 1.29 is 98.3 Å². The number of Topliss-reactive ketones (excluding diaryl/α,β-unsaturated/α-hetero) is 7. The van der Waals surface area contributed by atoms with E-state index in [0.29, 0.717) is 41.5 Å². The quantitative estimate of drug-likeness (QED) is 0.0286. The second-order valence-electron chi connectivity index (χ2n) is 10.6. The minimum Gasteiger partial charge on any atom is -0.463 e. The van der Waals surface area contributed by atoms with Crippen molar-refractivity contribution in [3.05, 3.63) is 0 Å². The average molecular weight is 697 g/mol. The van der Waals surface area contributed by atoms with E-state index in [4.69, 9.17) is 5.11 Å². The van der Waals surface area contributed by atoms with Crippen LogP contribution in [-0.4, -0.2) is 159 Å². The van der Waals surface area contributed by atoms with Gasteiger partial charge in [0, 0.05) is 20.8 Å². The Morgan fingerprint density at radius 1 is 0.646 bits per heavy atom. The second-order valence-corrected chi connectivity index (χ2v) is 10.6. The third kappa shape index (κ3) is 7.98. The lowest BCUT2D eigenvalue weighted by atomic mass is 9.63. The highest BCUT2D eigenvalue weighted by atomic mass is 16.6. The number of hydrogen-bond acceptors (Lipinski definition) is 20. The number of aliphatic hydroxyl groups is 8. The maximum atomic E-state index is 12.3. The van der Waals surface area contributed by atoms with Crippen molar-refractivity contribution in [2.24, 2.45) is 0 Å². The lowest BCUT2D eigenvalue weighted by Gasteiger charge is -2.47. The maximum absolute atomic E-state index is 12.3. The second kappa shape index (κ2) is 16.9. The number of aldehydes is 1. The number of aliphatic hydroxyl groups excluding tert-OH is 4. The predicted molar refractivity (Wildman–Crippen MR) is 151 cm³/mol. The zero-order chi connectivity index (χ0) is 39.0.